The quantitative estimate of drug-likeness (QED) is 0.638. The Labute approximate surface area is 143 Å². The molecule has 0 N–H and O–H groups in total. The summed E-state index contributed by atoms with van der Waals surface area (Å²) in [6, 6.07) is 12.3. The zero-order valence-electron chi connectivity index (χ0n) is 13.8. The lowest BCUT2D eigenvalue weighted by Crippen LogP contribution is -2.13. The summed E-state index contributed by atoms with van der Waals surface area (Å²) < 4.78 is 40.6. The van der Waals surface area contributed by atoms with Crippen molar-refractivity contribution in [3.8, 4) is 22.3 Å². The average molecular weight is 343 g/mol. The van der Waals surface area contributed by atoms with Gasteiger partial charge in [0, 0.05) is 30.6 Å². The maximum Gasteiger partial charge on any atom is 0.416 e. The van der Waals surface area contributed by atoms with Crippen LogP contribution in [0.15, 0.2) is 65.7 Å². The van der Waals surface area contributed by atoms with Crippen LogP contribution >= 0.6 is 0 Å². The van der Waals surface area contributed by atoms with Gasteiger partial charge in [-0.25, -0.2) is 0 Å². The van der Waals surface area contributed by atoms with Gasteiger partial charge in [0.1, 0.15) is 0 Å². The Morgan fingerprint density at radius 3 is 2.24 bits per heavy atom. The lowest BCUT2D eigenvalue weighted by Gasteiger charge is -2.12. The number of nitrogens with zero attached hydrogens (tertiary/aromatic N) is 1. The van der Waals surface area contributed by atoms with Crippen molar-refractivity contribution in [1.82, 2.24) is 4.57 Å². The molecule has 3 rings (SSSR count). The molecule has 0 saturated carbocycles. The minimum Gasteiger partial charge on any atom is -0.356 e. The van der Waals surface area contributed by atoms with Crippen molar-refractivity contribution in [3.05, 3.63) is 82.3 Å². The van der Waals surface area contributed by atoms with Crippen LogP contribution < -0.4 is 5.43 Å². The first-order chi connectivity index (χ1) is 11.8. The Hall–Kier alpha value is -2.82. The van der Waals surface area contributed by atoms with Crippen molar-refractivity contribution in [2.75, 3.05) is 0 Å². The van der Waals surface area contributed by atoms with E-state index in [4.69, 9.17) is 0 Å². The van der Waals surface area contributed by atoms with E-state index < -0.39 is 11.7 Å². The summed E-state index contributed by atoms with van der Waals surface area (Å²) in [5.41, 5.74) is 1.62. The predicted octanol–water partition coefficient (Wildman–Crippen LogP) is 5.05. The summed E-state index contributed by atoms with van der Waals surface area (Å²) >= 11 is 0. The monoisotopic (exact) mass is 343 g/mol. The Balaban J connectivity index is 2.23. The highest BCUT2D eigenvalue weighted by atomic mass is 19.4. The molecule has 25 heavy (non-hydrogen) atoms. The van der Waals surface area contributed by atoms with Crippen LogP contribution in [-0.2, 0) is 13.2 Å². The molecule has 0 saturated heterocycles. The highest BCUT2D eigenvalue weighted by Gasteiger charge is 2.30. The van der Waals surface area contributed by atoms with Crippen LogP contribution in [0.4, 0.5) is 13.2 Å². The van der Waals surface area contributed by atoms with Crippen LogP contribution in [0.25, 0.3) is 22.3 Å². The van der Waals surface area contributed by atoms with Gasteiger partial charge in [-0.1, -0.05) is 36.4 Å². The van der Waals surface area contributed by atoms with Gasteiger partial charge in [-0.05, 0) is 35.7 Å². The number of aromatic nitrogens is 1. The van der Waals surface area contributed by atoms with E-state index in [2.05, 4.69) is 0 Å². The lowest BCUT2D eigenvalue weighted by atomic mass is 9.97. The van der Waals surface area contributed by atoms with Gasteiger partial charge in [-0.15, -0.1) is 0 Å². The van der Waals surface area contributed by atoms with Gasteiger partial charge in [0.25, 0.3) is 0 Å². The molecule has 1 aromatic heterocycles. The van der Waals surface area contributed by atoms with E-state index in [0.717, 1.165) is 23.3 Å². The molecule has 2 nitrogen and oxygen atoms in total. The Bertz CT molecular complexity index is 987. The Kier molecular flexibility index (Phi) is 4.25. The molecule has 0 unspecified atom stereocenters. The molecule has 0 amide bonds. The van der Waals surface area contributed by atoms with Crippen molar-refractivity contribution in [3.63, 3.8) is 0 Å². The van der Waals surface area contributed by atoms with Gasteiger partial charge < -0.3 is 4.57 Å². The van der Waals surface area contributed by atoms with E-state index in [-0.39, 0.29) is 16.6 Å². The van der Waals surface area contributed by atoms with E-state index in [1.165, 1.54) is 12.1 Å². The smallest absolute Gasteiger partial charge is 0.356 e. The standard InChI is InChI=1S/C20H16F3NO/c1-13-6-3-4-9-16(13)18-12-24(2)11-17(19(18)25)14-7-5-8-15(10-14)20(21,22)23/h3-12H,1-2H3. The first kappa shape index (κ1) is 17.0. The third kappa shape index (κ3) is 3.36. The lowest BCUT2D eigenvalue weighted by molar-refractivity contribution is -0.137. The van der Waals surface area contributed by atoms with E-state index in [0.29, 0.717) is 5.56 Å². The SMILES string of the molecule is Cc1ccccc1-c1cn(C)cc(-c2cccc(C(F)(F)F)c2)c1=O. The van der Waals surface area contributed by atoms with Crippen LogP contribution in [0, 0.1) is 6.92 Å². The molecule has 128 valence electrons. The second-order valence-electron chi connectivity index (χ2n) is 5.97. The minimum absolute atomic E-state index is 0.245. The van der Waals surface area contributed by atoms with Gasteiger partial charge in [-0.3, -0.25) is 4.79 Å². The molecule has 1 heterocycles. The molecule has 2 aromatic carbocycles. The molecule has 0 spiro atoms. The fraction of sp³-hybridized carbons (Fsp3) is 0.150. The molecule has 0 aliphatic carbocycles. The minimum atomic E-state index is -4.45. The fourth-order valence-corrected chi connectivity index (χ4v) is 2.84. The van der Waals surface area contributed by atoms with Crippen molar-refractivity contribution in [1.29, 1.82) is 0 Å². The van der Waals surface area contributed by atoms with Gasteiger partial charge in [0.2, 0.25) is 0 Å². The first-order valence-corrected chi connectivity index (χ1v) is 7.71. The summed E-state index contributed by atoms with van der Waals surface area (Å²) in [4.78, 5) is 12.9. The van der Waals surface area contributed by atoms with E-state index in [1.807, 2.05) is 31.2 Å². The molecule has 5 heteroatoms. The second kappa shape index (κ2) is 6.24. The largest absolute Gasteiger partial charge is 0.416 e. The van der Waals surface area contributed by atoms with Crippen LogP contribution in [0.3, 0.4) is 0 Å². The van der Waals surface area contributed by atoms with Crippen LogP contribution in [0.1, 0.15) is 11.1 Å². The number of hydrogen-bond donors (Lipinski definition) is 0. The maximum absolute atomic E-state index is 13.0. The fourth-order valence-electron chi connectivity index (χ4n) is 2.84. The van der Waals surface area contributed by atoms with Gasteiger partial charge >= 0.3 is 6.18 Å². The predicted molar refractivity (Wildman–Crippen MR) is 92.3 cm³/mol. The average Bonchev–Trinajstić information content (AvgIpc) is 2.57. The van der Waals surface area contributed by atoms with Crippen LogP contribution in [0.5, 0.6) is 0 Å². The van der Waals surface area contributed by atoms with E-state index >= 15 is 0 Å². The first-order valence-electron chi connectivity index (χ1n) is 7.71. The van der Waals surface area contributed by atoms with Crippen molar-refractivity contribution in [2.24, 2.45) is 7.05 Å². The zero-order chi connectivity index (χ0) is 18.2. The molecule has 0 fully saturated rings. The van der Waals surface area contributed by atoms with Crippen molar-refractivity contribution < 1.29 is 13.2 Å². The Morgan fingerprint density at radius 1 is 0.880 bits per heavy atom. The second-order valence-corrected chi connectivity index (χ2v) is 5.97. The molecule has 0 aliphatic rings. The summed E-state index contributed by atoms with van der Waals surface area (Å²) in [6.07, 6.45) is -1.20. The molecule has 0 bridgehead atoms. The number of halogens is 3. The summed E-state index contributed by atoms with van der Waals surface area (Å²) in [5, 5.41) is 0. The maximum atomic E-state index is 13.0. The highest BCUT2D eigenvalue weighted by Crippen LogP contribution is 2.32. The molecular formula is C20H16F3NO. The Morgan fingerprint density at radius 2 is 1.56 bits per heavy atom. The highest BCUT2D eigenvalue weighted by molar-refractivity contribution is 5.73. The molecule has 3 aromatic rings. The topological polar surface area (TPSA) is 22.0 Å². The number of pyridine rings is 1. The number of alkyl halides is 3. The van der Waals surface area contributed by atoms with E-state index in [1.54, 1.807) is 24.0 Å². The summed E-state index contributed by atoms with van der Waals surface area (Å²) in [5.74, 6) is 0. The van der Waals surface area contributed by atoms with Gasteiger partial charge in [0.15, 0.2) is 5.43 Å². The molecule has 0 atom stereocenters. The summed E-state index contributed by atoms with van der Waals surface area (Å²) in [6.45, 7) is 1.89. The zero-order valence-corrected chi connectivity index (χ0v) is 13.8. The number of aryl methyl sites for hydroxylation is 2. The van der Waals surface area contributed by atoms with Crippen LogP contribution in [-0.4, -0.2) is 4.57 Å². The summed E-state index contributed by atoms with van der Waals surface area (Å²) in [7, 11) is 1.75. The van der Waals surface area contributed by atoms with E-state index in [9.17, 15) is 18.0 Å². The third-order valence-electron chi connectivity index (χ3n) is 4.09. The number of benzene rings is 2. The van der Waals surface area contributed by atoms with Gasteiger partial charge in [-0.2, -0.15) is 13.2 Å². The van der Waals surface area contributed by atoms with Crippen LogP contribution in [0.2, 0.25) is 0 Å². The number of hydrogen-bond acceptors (Lipinski definition) is 1. The van der Waals surface area contributed by atoms with Gasteiger partial charge in [0.05, 0.1) is 5.56 Å². The normalized spacial score (nSPS) is 11.6. The molecular weight excluding hydrogens is 327 g/mol. The third-order valence-corrected chi connectivity index (χ3v) is 4.09. The molecule has 0 radical (unpaired) electrons. The number of rotatable bonds is 2. The van der Waals surface area contributed by atoms with Crippen molar-refractivity contribution >= 4 is 0 Å². The van der Waals surface area contributed by atoms with Crippen molar-refractivity contribution in [2.45, 2.75) is 13.1 Å². The molecule has 0 aliphatic heterocycles.